The molecule has 3 atom stereocenters. The lowest BCUT2D eigenvalue weighted by atomic mass is 9.91. The lowest BCUT2D eigenvalue weighted by molar-refractivity contribution is -0.0120. The lowest BCUT2D eigenvalue weighted by Crippen LogP contribution is -2.39. The summed E-state index contributed by atoms with van der Waals surface area (Å²) in [6.45, 7) is 3.83. The Morgan fingerprint density at radius 1 is 1.32 bits per heavy atom. The van der Waals surface area contributed by atoms with Crippen molar-refractivity contribution in [3.63, 3.8) is 0 Å². The topological polar surface area (TPSA) is 87.5 Å². The molecule has 6 nitrogen and oxygen atoms in total. The highest BCUT2D eigenvalue weighted by Crippen LogP contribution is 2.27. The van der Waals surface area contributed by atoms with E-state index in [9.17, 15) is 10.2 Å². The number of nitrogens with zero attached hydrogens (tertiary/aromatic N) is 2. The Hall–Kier alpha value is -0.760. The van der Waals surface area contributed by atoms with Crippen molar-refractivity contribution in [1.82, 2.24) is 9.36 Å². The highest BCUT2D eigenvalue weighted by molar-refractivity contribution is 7.09. The number of anilines is 1. The molecule has 0 bridgehead atoms. The van der Waals surface area contributed by atoms with Crippen molar-refractivity contribution in [2.24, 2.45) is 0 Å². The van der Waals surface area contributed by atoms with Crippen LogP contribution >= 0.6 is 11.5 Å². The van der Waals surface area contributed by atoms with Gasteiger partial charge in [0.05, 0.1) is 12.2 Å². The van der Waals surface area contributed by atoms with Crippen molar-refractivity contribution in [3.05, 3.63) is 5.82 Å². The van der Waals surface area contributed by atoms with Gasteiger partial charge in [0.1, 0.15) is 5.60 Å². The molecule has 3 N–H and O–H groups in total. The maximum Gasteiger partial charge on any atom is 0.202 e. The lowest BCUT2D eigenvalue weighted by Gasteiger charge is -2.30. The molecule has 1 aliphatic rings. The second-order valence-electron chi connectivity index (χ2n) is 5.43. The first kappa shape index (κ1) is 14.6. The zero-order valence-corrected chi connectivity index (χ0v) is 12.3. The maximum atomic E-state index is 9.66. The Kier molecular flexibility index (Phi) is 4.39. The van der Waals surface area contributed by atoms with Gasteiger partial charge in [-0.05, 0) is 33.1 Å². The molecule has 1 saturated carbocycles. The van der Waals surface area contributed by atoms with Crippen LogP contribution in [0.3, 0.4) is 0 Å². The largest absolute Gasteiger partial charge is 0.390 e. The average Bonchev–Trinajstić information content (AvgIpc) is 2.83. The molecule has 0 spiro atoms. The third-order valence-electron chi connectivity index (χ3n) is 3.58. The van der Waals surface area contributed by atoms with Gasteiger partial charge >= 0.3 is 0 Å². The number of rotatable bonds is 4. The zero-order valence-electron chi connectivity index (χ0n) is 11.5. The average molecular weight is 287 g/mol. The number of hydrogen-bond donors (Lipinski definition) is 3. The number of ether oxygens (including phenoxy) is 1. The van der Waals surface area contributed by atoms with E-state index >= 15 is 0 Å². The van der Waals surface area contributed by atoms with Crippen molar-refractivity contribution in [2.45, 2.75) is 57.0 Å². The molecule has 1 aromatic rings. The van der Waals surface area contributed by atoms with E-state index in [1.807, 2.05) is 13.8 Å². The van der Waals surface area contributed by atoms with Crippen LogP contribution in [0.1, 0.15) is 38.9 Å². The van der Waals surface area contributed by atoms with Gasteiger partial charge < -0.3 is 20.3 Å². The SMILES string of the molecule is COC(C)(C)c1nsc(NC2CC[C@@H](O)[C@@H](O)C2)n1. The molecule has 2 rings (SSSR count). The highest BCUT2D eigenvalue weighted by atomic mass is 32.1. The fourth-order valence-electron chi connectivity index (χ4n) is 2.05. The molecular formula is C12H21N3O3S. The van der Waals surface area contributed by atoms with E-state index in [1.165, 1.54) is 11.5 Å². The number of aliphatic hydroxyl groups excluding tert-OH is 2. The third kappa shape index (κ3) is 3.42. The maximum absolute atomic E-state index is 9.66. The molecule has 0 radical (unpaired) electrons. The highest BCUT2D eigenvalue weighted by Gasteiger charge is 2.29. The van der Waals surface area contributed by atoms with Crippen LogP contribution in [-0.4, -0.2) is 44.9 Å². The first-order valence-electron chi connectivity index (χ1n) is 6.44. The molecule has 0 saturated heterocycles. The Bertz CT molecular complexity index is 424. The van der Waals surface area contributed by atoms with Crippen molar-refractivity contribution in [1.29, 1.82) is 0 Å². The van der Waals surface area contributed by atoms with Gasteiger partial charge in [-0.2, -0.15) is 4.37 Å². The Balaban J connectivity index is 1.97. The third-order valence-corrected chi connectivity index (χ3v) is 4.23. The van der Waals surface area contributed by atoms with Crippen molar-refractivity contribution in [2.75, 3.05) is 12.4 Å². The summed E-state index contributed by atoms with van der Waals surface area (Å²) >= 11 is 1.29. The van der Waals surface area contributed by atoms with Gasteiger partial charge in [-0.25, -0.2) is 4.98 Å². The smallest absolute Gasteiger partial charge is 0.202 e. The molecule has 1 aromatic heterocycles. The zero-order chi connectivity index (χ0) is 14.0. The minimum absolute atomic E-state index is 0.129. The van der Waals surface area contributed by atoms with Gasteiger partial charge in [-0.3, -0.25) is 0 Å². The van der Waals surface area contributed by atoms with E-state index in [1.54, 1.807) is 7.11 Å². The Labute approximate surface area is 117 Å². The minimum Gasteiger partial charge on any atom is -0.390 e. The second-order valence-corrected chi connectivity index (χ2v) is 6.18. The van der Waals surface area contributed by atoms with Crippen LogP contribution in [0.5, 0.6) is 0 Å². The summed E-state index contributed by atoms with van der Waals surface area (Å²) < 4.78 is 9.63. The second kappa shape index (κ2) is 5.70. The van der Waals surface area contributed by atoms with Crippen LogP contribution in [-0.2, 0) is 10.3 Å². The van der Waals surface area contributed by atoms with Gasteiger partial charge in [0, 0.05) is 24.7 Å². The number of aromatic nitrogens is 2. The molecule has 19 heavy (non-hydrogen) atoms. The normalized spacial score (nSPS) is 28.4. The fourth-order valence-corrected chi connectivity index (χ4v) is 2.83. The van der Waals surface area contributed by atoms with Gasteiger partial charge in [0.25, 0.3) is 0 Å². The summed E-state index contributed by atoms with van der Waals surface area (Å²) in [6.07, 6.45) is 0.697. The van der Waals surface area contributed by atoms with Crippen LogP contribution in [0.2, 0.25) is 0 Å². The van der Waals surface area contributed by atoms with E-state index in [2.05, 4.69) is 14.7 Å². The summed E-state index contributed by atoms with van der Waals surface area (Å²) in [4.78, 5) is 4.42. The number of aliphatic hydroxyl groups is 2. The monoisotopic (exact) mass is 287 g/mol. The molecule has 0 amide bonds. The molecule has 1 unspecified atom stereocenters. The predicted molar refractivity (Wildman–Crippen MR) is 73.2 cm³/mol. The van der Waals surface area contributed by atoms with Crippen molar-refractivity contribution in [3.8, 4) is 0 Å². The van der Waals surface area contributed by atoms with Gasteiger partial charge in [0.15, 0.2) is 5.82 Å². The van der Waals surface area contributed by atoms with Gasteiger partial charge in [-0.15, -0.1) is 0 Å². The molecule has 0 aromatic carbocycles. The first-order valence-corrected chi connectivity index (χ1v) is 7.21. The van der Waals surface area contributed by atoms with E-state index in [-0.39, 0.29) is 6.04 Å². The summed E-state index contributed by atoms with van der Waals surface area (Å²) in [7, 11) is 1.63. The number of methoxy groups -OCH3 is 1. The number of nitrogens with one attached hydrogen (secondary N) is 1. The van der Waals surface area contributed by atoms with Crippen LogP contribution in [0.15, 0.2) is 0 Å². The van der Waals surface area contributed by atoms with Crippen LogP contribution in [0, 0.1) is 0 Å². The summed E-state index contributed by atoms with van der Waals surface area (Å²) in [6, 6.07) is 0.129. The minimum atomic E-state index is -0.658. The summed E-state index contributed by atoms with van der Waals surface area (Å²) in [5, 5.41) is 23.1. The molecule has 1 heterocycles. The molecule has 108 valence electrons. The van der Waals surface area contributed by atoms with E-state index < -0.39 is 17.8 Å². The molecule has 0 aliphatic heterocycles. The van der Waals surface area contributed by atoms with E-state index in [4.69, 9.17) is 4.74 Å². The van der Waals surface area contributed by atoms with Crippen LogP contribution in [0.4, 0.5) is 5.13 Å². The molecule has 1 aliphatic carbocycles. The van der Waals surface area contributed by atoms with Gasteiger partial charge in [0.2, 0.25) is 5.13 Å². The van der Waals surface area contributed by atoms with E-state index in [0.29, 0.717) is 18.7 Å². The summed E-state index contributed by atoms with van der Waals surface area (Å²) in [5.74, 6) is 0.652. The molecule has 7 heteroatoms. The Morgan fingerprint density at radius 3 is 2.68 bits per heavy atom. The fraction of sp³-hybridized carbons (Fsp3) is 0.833. The van der Waals surface area contributed by atoms with Crippen molar-refractivity contribution < 1.29 is 14.9 Å². The van der Waals surface area contributed by atoms with E-state index in [0.717, 1.165) is 11.6 Å². The standard InChI is InChI=1S/C12H21N3O3S/c1-12(2,18-3)10-14-11(19-15-10)13-7-4-5-8(16)9(17)6-7/h7-9,16-17H,4-6H2,1-3H3,(H,13,14,15)/t7?,8-,9+/m1/s1. The van der Waals surface area contributed by atoms with Crippen LogP contribution in [0.25, 0.3) is 0 Å². The predicted octanol–water partition coefficient (Wildman–Crippen LogP) is 1.11. The van der Waals surface area contributed by atoms with Crippen molar-refractivity contribution >= 4 is 16.7 Å². The Morgan fingerprint density at radius 2 is 2.05 bits per heavy atom. The van der Waals surface area contributed by atoms with Gasteiger partial charge in [-0.1, -0.05) is 0 Å². The quantitative estimate of drug-likeness (QED) is 0.769. The number of hydrogen-bond acceptors (Lipinski definition) is 7. The molecular weight excluding hydrogens is 266 g/mol. The summed E-state index contributed by atoms with van der Waals surface area (Å²) in [5.41, 5.74) is -0.501. The first-order chi connectivity index (χ1) is 8.92. The molecule has 1 fully saturated rings. The van der Waals surface area contributed by atoms with Crippen LogP contribution < -0.4 is 5.32 Å².